The minimum Gasteiger partial charge on any atom is -0.398 e. The van der Waals surface area contributed by atoms with Crippen LogP contribution in [-0.2, 0) is 10.0 Å². The molecule has 4 nitrogen and oxygen atoms in total. The first kappa shape index (κ1) is 15.9. The monoisotopic (exact) mass is 368 g/mol. The summed E-state index contributed by atoms with van der Waals surface area (Å²) < 4.78 is 28.3. The normalized spacial score (nSPS) is 11.4. The SMILES string of the molecule is Cc1ccc(C)c(S(=O)(=O)Nc2cc(N)c(C)cc2Br)c1. The third-order valence-electron chi connectivity index (χ3n) is 3.23. The summed E-state index contributed by atoms with van der Waals surface area (Å²) in [5.74, 6) is 0. The highest BCUT2D eigenvalue weighted by Gasteiger charge is 2.18. The van der Waals surface area contributed by atoms with Gasteiger partial charge in [-0.05, 0) is 71.6 Å². The number of nitrogen functional groups attached to an aromatic ring is 1. The fraction of sp³-hybridized carbons (Fsp3) is 0.200. The van der Waals surface area contributed by atoms with Gasteiger partial charge in [-0.3, -0.25) is 4.72 Å². The molecule has 2 aromatic carbocycles. The molecule has 0 aliphatic rings. The molecule has 0 atom stereocenters. The van der Waals surface area contributed by atoms with Crippen LogP contribution in [0.4, 0.5) is 11.4 Å². The van der Waals surface area contributed by atoms with Gasteiger partial charge in [0.1, 0.15) is 0 Å². The van der Waals surface area contributed by atoms with Crippen LogP contribution in [-0.4, -0.2) is 8.42 Å². The van der Waals surface area contributed by atoms with Gasteiger partial charge in [0.25, 0.3) is 10.0 Å². The summed E-state index contributed by atoms with van der Waals surface area (Å²) in [5.41, 5.74) is 9.29. The van der Waals surface area contributed by atoms with Gasteiger partial charge in [0.05, 0.1) is 10.6 Å². The number of benzene rings is 2. The first-order valence-corrected chi connectivity index (χ1v) is 8.64. The Morgan fingerprint density at radius 1 is 1.05 bits per heavy atom. The standard InChI is InChI=1S/C15H17BrN2O2S/c1-9-4-5-10(2)15(6-9)21(19,20)18-14-8-13(17)11(3)7-12(14)16/h4-8,18H,17H2,1-3H3. The Bertz CT molecular complexity index is 802. The molecule has 21 heavy (non-hydrogen) atoms. The molecule has 0 spiro atoms. The van der Waals surface area contributed by atoms with E-state index >= 15 is 0 Å². The van der Waals surface area contributed by atoms with Crippen LogP contribution >= 0.6 is 15.9 Å². The number of aryl methyl sites for hydroxylation is 3. The van der Waals surface area contributed by atoms with Gasteiger partial charge in [-0.2, -0.15) is 0 Å². The summed E-state index contributed by atoms with van der Waals surface area (Å²) in [6.45, 7) is 5.49. The molecule has 0 amide bonds. The van der Waals surface area contributed by atoms with Crippen LogP contribution < -0.4 is 10.5 Å². The third-order valence-corrected chi connectivity index (χ3v) is 5.40. The number of rotatable bonds is 3. The number of sulfonamides is 1. The van der Waals surface area contributed by atoms with Gasteiger partial charge in [-0.15, -0.1) is 0 Å². The topological polar surface area (TPSA) is 72.2 Å². The summed E-state index contributed by atoms with van der Waals surface area (Å²) in [6, 6.07) is 8.73. The molecule has 112 valence electrons. The predicted octanol–water partition coefficient (Wildman–Crippen LogP) is 3.76. The van der Waals surface area contributed by atoms with Crippen LogP contribution in [0.3, 0.4) is 0 Å². The highest BCUT2D eigenvalue weighted by Crippen LogP contribution is 2.30. The van der Waals surface area contributed by atoms with Crippen molar-refractivity contribution < 1.29 is 8.42 Å². The van der Waals surface area contributed by atoms with Crippen molar-refractivity contribution >= 4 is 37.3 Å². The smallest absolute Gasteiger partial charge is 0.262 e. The Hall–Kier alpha value is -1.53. The first-order chi connectivity index (χ1) is 9.70. The number of hydrogen-bond donors (Lipinski definition) is 2. The first-order valence-electron chi connectivity index (χ1n) is 6.36. The fourth-order valence-corrected chi connectivity index (χ4v) is 4.05. The van der Waals surface area contributed by atoms with E-state index in [4.69, 9.17) is 5.73 Å². The predicted molar refractivity (Wildman–Crippen MR) is 90.0 cm³/mol. The average molecular weight is 369 g/mol. The molecule has 0 saturated heterocycles. The van der Waals surface area contributed by atoms with Gasteiger partial charge in [0.15, 0.2) is 0 Å². The molecule has 0 fully saturated rings. The van der Waals surface area contributed by atoms with Gasteiger partial charge in [0.2, 0.25) is 0 Å². The minimum atomic E-state index is -3.65. The molecule has 0 aliphatic carbocycles. The zero-order valence-electron chi connectivity index (χ0n) is 12.1. The van der Waals surface area contributed by atoms with E-state index in [1.54, 1.807) is 31.2 Å². The maximum atomic E-state index is 12.6. The van der Waals surface area contributed by atoms with Gasteiger partial charge in [-0.25, -0.2) is 8.42 Å². The molecule has 2 aromatic rings. The Labute approximate surface area is 133 Å². The van der Waals surface area contributed by atoms with Crippen molar-refractivity contribution in [3.63, 3.8) is 0 Å². The lowest BCUT2D eigenvalue weighted by atomic mass is 10.2. The van der Waals surface area contributed by atoms with Gasteiger partial charge < -0.3 is 5.73 Å². The zero-order chi connectivity index (χ0) is 15.8. The van der Waals surface area contributed by atoms with Crippen LogP contribution in [0.1, 0.15) is 16.7 Å². The van der Waals surface area contributed by atoms with E-state index in [1.807, 2.05) is 19.9 Å². The Morgan fingerprint density at radius 2 is 1.71 bits per heavy atom. The summed E-state index contributed by atoms with van der Waals surface area (Å²) in [7, 11) is -3.65. The maximum Gasteiger partial charge on any atom is 0.262 e. The van der Waals surface area contributed by atoms with E-state index in [1.165, 1.54) is 0 Å². The minimum absolute atomic E-state index is 0.272. The Morgan fingerprint density at radius 3 is 2.38 bits per heavy atom. The zero-order valence-corrected chi connectivity index (χ0v) is 14.5. The molecular formula is C15H17BrN2O2S. The van der Waals surface area contributed by atoms with Crippen molar-refractivity contribution in [1.82, 2.24) is 0 Å². The van der Waals surface area contributed by atoms with Crippen LogP contribution in [0.2, 0.25) is 0 Å². The van der Waals surface area contributed by atoms with Crippen molar-refractivity contribution in [2.75, 3.05) is 10.5 Å². The lowest BCUT2D eigenvalue weighted by Crippen LogP contribution is -2.15. The molecule has 0 aromatic heterocycles. The Kier molecular flexibility index (Phi) is 4.30. The fourth-order valence-electron chi connectivity index (χ4n) is 1.96. The largest absolute Gasteiger partial charge is 0.398 e. The molecule has 0 unspecified atom stereocenters. The second kappa shape index (κ2) is 5.69. The van der Waals surface area contributed by atoms with E-state index in [0.717, 1.165) is 11.1 Å². The lowest BCUT2D eigenvalue weighted by Gasteiger charge is -2.13. The quantitative estimate of drug-likeness (QED) is 0.810. The molecule has 0 heterocycles. The summed E-state index contributed by atoms with van der Waals surface area (Å²) in [6.07, 6.45) is 0. The molecule has 6 heteroatoms. The van der Waals surface area contributed by atoms with Crippen LogP contribution in [0, 0.1) is 20.8 Å². The Balaban J connectivity index is 2.47. The molecule has 0 saturated carbocycles. The van der Waals surface area contributed by atoms with Gasteiger partial charge >= 0.3 is 0 Å². The second-order valence-electron chi connectivity index (χ2n) is 5.06. The van der Waals surface area contributed by atoms with Crippen molar-refractivity contribution in [2.45, 2.75) is 25.7 Å². The average Bonchev–Trinajstić information content (AvgIpc) is 2.38. The van der Waals surface area contributed by atoms with Crippen LogP contribution in [0.5, 0.6) is 0 Å². The molecule has 0 radical (unpaired) electrons. The number of anilines is 2. The summed E-state index contributed by atoms with van der Waals surface area (Å²) in [5, 5.41) is 0. The van der Waals surface area contributed by atoms with Crippen LogP contribution in [0.15, 0.2) is 39.7 Å². The molecule has 0 bridgehead atoms. The highest BCUT2D eigenvalue weighted by atomic mass is 79.9. The summed E-state index contributed by atoms with van der Waals surface area (Å²) >= 11 is 3.36. The van der Waals surface area contributed by atoms with E-state index in [2.05, 4.69) is 20.7 Å². The summed E-state index contributed by atoms with van der Waals surface area (Å²) in [4.78, 5) is 0.272. The molecule has 2 rings (SSSR count). The number of nitrogens with two attached hydrogens (primary N) is 1. The van der Waals surface area contributed by atoms with Crippen molar-refractivity contribution in [3.8, 4) is 0 Å². The van der Waals surface area contributed by atoms with Crippen molar-refractivity contribution in [3.05, 3.63) is 51.5 Å². The van der Waals surface area contributed by atoms with Gasteiger partial charge in [-0.1, -0.05) is 12.1 Å². The van der Waals surface area contributed by atoms with Crippen LogP contribution in [0.25, 0.3) is 0 Å². The maximum absolute atomic E-state index is 12.6. The van der Waals surface area contributed by atoms with Crippen molar-refractivity contribution in [1.29, 1.82) is 0 Å². The van der Waals surface area contributed by atoms with E-state index in [0.29, 0.717) is 21.4 Å². The molecule has 3 N–H and O–H groups in total. The van der Waals surface area contributed by atoms with Crippen molar-refractivity contribution in [2.24, 2.45) is 0 Å². The van der Waals surface area contributed by atoms with E-state index in [9.17, 15) is 8.42 Å². The van der Waals surface area contributed by atoms with E-state index in [-0.39, 0.29) is 4.90 Å². The second-order valence-corrected chi connectivity index (χ2v) is 7.57. The molecular weight excluding hydrogens is 352 g/mol. The molecule has 0 aliphatic heterocycles. The van der Waals surface area contributed by atoms with E-state index < -0.39 is 10.0 Å². The number of halogens is 1. The number of nitrogens with one attached hydrogen (secondary N) is 1. The number of hydrogen-bond acceptors (Lipinski definition) is 3. The van der Waals surface area contributed by atoms with Gasteiger partial charge in [0, 0.05) is 10.2 Å². The lowest BCUT2D eigenvalue weighted by molar-refractivity contribution is 0.600. The highest BCUT2D eigenvalue weighted by molar-refractivity contribution is 9.10. The third kappa shape index (κ3) is 3.39.